The SMILES string of the molecule is c1cc(-c2ccc3ncoc3c2)cc(-c2ccc3ccc4ccc5ccccc5c4c3c2)c1. The fourth-order valence-electron chi connectivity index (χ4n) is 4.92. The molecule has 0 atom stereocenters. The highest BCUT2D eigenvalue weighted by molar-refractivity contribution is 6.20. The second kappa shape index (κ2) is 7.04. The Bertz CT molecular complexity index is 1820. The lowest BCUT2D eigenvalue weighted by atomic mass is 9.93. The first-order valence-electron chi connectivity index (χ1n) is 11.1. The van der Waals surface area contributed by atoms with Crippen LogP contribution in [0.4, 0.5) is 0 Å². The summed E-state index contributed by atoms with van der Waals surface area (Å²) in [5.41, 5.74) is 6.38. The molecule has 7 aromatic rings. The van der Waals surface area contributed by atoms with Crippen molar-refractivity contribution >= 4 is 43.4 Å². The fourth-order valence-corrected chi connectivity index (χ4v) is 4.92. The van der Waals surface area contributed by atoms with Crippen molar-refractivity contribution in [3.63, 3.8) is 0 Å². The van der Waals surface area contributed by atoms with Gasteiger partial charge in [0.15, 0.2) is 12.0 Å². The molecular weight excluding hydrogens is 402 g/mol. The highest BCUT2D eigenvalue weighted by atomic mass is 16.3. The van der Waals surface area contributed by atoms with E-state index in [0.29, 0.717) is 0 Å². The Hall–Kier alpha value is -4.43. The number of nitrogens with zero attached hydrogens (tertiary/aromatic N) is 1. The number of hydrogen-bond acceptors (Lipinski definition) is 2. The average Bonchev–Trinajstić information content (AvgIpc) is 3.36. The van der Waals surface area contributed by atoms with E-state index in [4.69, 9.17) is 4.42 Å². The summed E-state index contributed by atoms with van der Waals surface area (Å²) in [5, 5.41) is 7.70. The molecular formula is C31H19NO. The first-order chi connectivity index (χ1) is 16.3. The molecule has 0 saturated carbocycles. The summed E-state index contributed by atoms with van der Waals surface area (Å²) in [4.78, 5) is 4.23. The van der Waals surface area contributed by atoms with Crippen molar-refractivity contribution in [3.05, 3.63) is 116 Å². The van der Waals surface area contributed by atoms with Crippen LogP contribution in [0, 0.1) is 0 Å². The van der Waals surface area contributed by atoms with Gasteiger partial charge >= 0.3 is 0 Å². The van der Waals surface area contributed by atoms with Gasteiger partial charge in [-0.25, -0.2) is 4.98 Å². The molecule has 154 valence electrons. The minimum atomic E-state index is 0.807. The molecule has 0 unspecified atom stereocenters. The molecule has 0 N–H and O–H groups in total. The maximum atomic E-state index is 5.51. The van der Waals surface area contributed by atoms with Gasteiger partial charge in [0.2, 0.25) is 0 Å². The maximum Gasteiger partial charge on any atom is 0.181 e. The van der Waals surface area contributed by atoms with E-state index in [1.807, 2.05) is 6.07 Å². The normalized spacial score (nSPS) is 11.6. The van der Waals surface area contributed by atoms with Crippen LogP contribution in [0.3, 0.4) is 0 Å². The first-order valence-corrected chi connectivity index (χ1v) is 11.1. The second-order valence-corrected chi connectivity index (χ2v) is 8.50. The highest BCUT2D eigenvalue weighted by Gasteiger charge is 2.09. The summed E-state index contributed by atoms with van der Waals surface area (Å²) >= 11 is 0. The zero-order valence-corrected chi connectivity index (χ0v) is 17.8. The van der Waals surface area contributed by atoms with Gasteiger partial charge in [-0.3, -0.25) is 0 Å². The van der Waals surface area contributed by atoms with E-state index in [0.717, 1.165) is 22.2 Å². The predicted molar refractivity (Wildman–Crippen MR) is 137 cm³/mol. The van der Waals surface area contributed by atoms with Gasteiger partial charge in [-0.05, 0) is 78.8 Å². The minimum Gasteiger partial charge on any atom is -0.443 e. The van der Waals surface area contributed by atoms with Gasteiger partial charge in [0.1, 0.15) is 5.52 Å². The second-order valence-electron chi connectivity index (χ2n) is 8.50. The maximum absolute atomic E-state index is 5.51. The van der Waals surface area contributed by atoms with Gasteiger partial charge in [-0.2, -0.15) is 0 Å². The fraction of sp³-hybridized carbons (Fsp3) is 0. The molecule has 6 aromatic carbocycles. The molecule has 0 aliphatic carbocycles. The molecule has 7 rings (SSSR count). The van der Waals surface area contributed by atoms with E-state index < -0.39 is 0 Å². The number of aromatic nitrogens is 1. The minimum absolute atomic E-state index is 0.807. The zero-order chi connectivity index (χ0) is 21.8. The summed E-state index contributed by atoms with van der Waals surface area (Å²) in [6.07, 6.45) is 1.49. The lowest BCUT2D eigenvalue weighted by Gasteiger charge is -2.11. The lowest BCUT2D eigenvalue weighted by molar-refractivity contribution is 0.602. The predicted octanol–water partition coefficient (Wildman–Crippen LogP) is 8.62. The van der Waals surface area contributed by atoms with Crippen LogP contribution in [0.1, 0.15) is 0 Å². The van der Waals surface area contributed by atoms with Crippen molar-refractivity contribution in [2.45, 2.75) is 0 Å². The standard InChI is InChI=1S/C31H19NO/c1-2-7-27-20(4-1)8-11-22-12-9-21-10-13-25(17-28(21)31(22)27)23-5-3-6-24(16-23)26-14-15-29-30(18-26)33-19-32-29/h1-19H. The molecule has 0 bridgehead atoms. The van der Waals surface area contributed by atoms with Crippen molar-refractivity contribution in [1.82, 2.24) is 4.98 Å². The summed E-state index contributed by atoms with van der Waals surface area (Å²) in [5.74, 6) is 0. The number of fused-ring (bicyclic) bond motifs is 6. The van der Waals surface area contributed by atoms with Crippen LogP contribution in [-0.4, -0.2) is 4.98 Å². The van der Waals surface area contributed by atoms with Gasteiger partial charge in [-0.15, -0.1) is 0 Å². The van der Waals surface area contributed by atoms with Gasteiger partial charge in [-0.1, -0.05) is 84.9 Å². The zero-order valence-electron chi connectivity index (χ0n) is 17.8. The van der Waals surface area contributed by atoms with Crippen molar-refractivity contribution in [2.24, 2.45) is 0 Å². The van der Waals surface area contributed by atoms with Gasteiger partial charge in [0.25, 0.3) is 0 Å². The van der Waals surface area contributed by atoms with Crippen molar-refractivity contribution in [3.8, 4) is 22.3 Å². The first kappa shape index (κ1) is 18.2. The summed E-state index contributed by atoms with van der Waals surface area (Å²) in [6, 6.07) is 39.2. The van der Waals surface area contributed by atoms with E-state index in [1.165, 1.54) is 49.8 Å². The smallest absolute Gasteiger partial charge is 0.181 e. The summed E-state index contributed by atoms with van der Waals surface area (Å²) in [6.45, 7) is 0. The molecule has 0 aliphatic heterocycles. The van der Waals surface area contributed by atoms with E-state index >= 15 is 0 Å². The number of rotatable bonds is 2. The molecule has 0 spiro atoms. The Kier molecular flexibility index (Phi) is 3.88. The van der Waals surface area contributed by atoms with Crippen LogP contribution < -0.4 is 0 Å². The Labute approximate surface area is 190 Å². The molecule has 0 saturated heterocycles. The largest absolute Gasteiger partial charge is 0.443 e. The molecule has 2 heteroatoms. The van der Waals surface area contributed by atoms with E-state index in [1.54, 1.807) is 0 Å². The third-order valence-electron chi connectivity index (χ3n) is 6.59. The topological polar surface area (TPSA) is 26.0 Å². The van der Waals surface area contributed by atoms with Crippen LogP contribution in [-0.2, 0) is 0 Å². The average molecular weight is 421 g/mol. The van der Waals surface area contributed by atoms with Crippen LogP contribution >= 0.6 is 0 Å². The van der Waals surface area contributed by atoms with E-state index in [-0.39, 0.29) is 0 Å². The van der Waals surface area contributed by atoms with Crippen molar-refractivity contribution in [1.29, 1.82) is 0 Å². The molecule has 33 heavy (non-hydrogen) atoms. The van der Waals surface area contributed by atoms with E-state index in [9.17, 15) is 0 Å². The molecule has 1 heterocycles. The lowest BCUT2D eigenvalue weighted by Crippen LogP contribution is -1.85. The third kappa shape index (κ3) is 2.92. The van der Waals surface area contributed by atoms with Gasteiger partial charge in [0.05, 0.1) is 0 Å². The van der Waals surface area contributed by atoms with Crippen LogP contribution in [0.15, 0.2) is 120 Å². The highest BCUT2D eigenvalue weighted by Crippen LogP contribution is 2.35. The molecule has 1 aromatic heterocycles. The molecule has 0 radical (unpaired) electrons. The molecule has 0 fully saturated rings. The van der Waals surface area contributed by atoms with Crippen LogP contribution in [0.25, 0.3) is 65.7 Å². The van der Waals surface area contributed by atoms with Gasteiger partial charge < -0.3 is 4.42 Å². The monoisotopic (exact) mass is 421 g/mol. The van der Waals surface area contributed by atoms with Gasteiger partial charge in [0, 0.05) is 0 Å². The number of benzene rings is 6. The Morgan fingerprint density at radius 2 is 1.15 bits per heavy atom. The number of oxazole rings is 1. The Balaban J connectivity index is 1.43. The van der Waals surface area contributed by atoms with Crippen LogP contribution in [0.5, 0.6) is 0 Å². The summed E-state index contributed by atoms with van der Waals surface area (Å²) < 4.78 is 5.51. The van der Waals surface area contributed by atoms with Crippen molar-refractivity contribution in [2.75, 3.05) is 0 Å². The molecule has 0 amide bonds. The molecule has 0 aliphatic rings. The number of hydrogen-bond donors (Lipinski definition) is 0. The Morgan fingerprint density at radius 1 is 0.485 bits per heavy atom. The summed E-state index contributed by atoms with van der Waals surface area (Å²) in [7, 11) is 0. The molecule has 2 nitrogen and oxygen atoms in total. The Morgan fingerprint density at radius 3 is 2.03 bits per heavy atom. The van der Waals surface area contributed by atoms with Crippen LogP contribution in [0.2, 0.25) is 0 Å². The quantitative estimate of drug-likeness (QED) is 0.261. The van der Waals surface area contributed by atoms with Crippen molar-refractivity contribution < 1.29 is 4.42 Å². The van der Waals surface area contributed by atoms with E-state index in [2.05, 4.69) is 108 Å². The third-order valence-corrected chi connectivity index (χ3v) is 6.59.